The average Bonchev–Trinajstić information content (AvgIpc) is 0.817. The molecule has 2 aromatic heterocycles. The molecule has 0 unspecified atom stereocenters. The van der Waals surface area contributed by atoms with Crippen LogP contribution in [0.4, 0.5) is 28.4 Å². The van der Waals surface area contributed by atoms with Gasteiger partial charge in [-0.05, 0) is 107 Å². The van der Waals surface area contributed by atoms with Crippen molar-refractivity contribution in [3.63, 3.8) is 0 Å². The monoisotopic (exact) mass is 1420 g/mol. The number of ether oxygens (including phenoxy) is 4. The third-order valence-corrected chi connectivity index (χ3v) is 17.9. The number of carbonyl (C=O) groups excluding carboxylic acids is 6. The zero-order chi connectivity index (χ0) is 71.4. The van der Waals surface area contributed by atoms with Crippen molar-refractivity contribution in [3.05, 3.63) is 155 Å². The molecule has 32 nitrogen and oxygen atoms in total. The number of anilines is 5. The predicted molar refractivity (Wildman–Crippen MR) is 371 cm³/mol. The molecule has 0 bridgehead atoms. The number of hydrogen-bond acceptors (Lipinski definition) is 22. The lowest BCUT2D eigenvalue weighted by Gasteiger charge is -2.26. The summed E-state index contributed by atoms with van der Waals surface area (Å²) in [5.74, 6) is -4.47. The van der Waals surface area contributed by atoms with Gasteiger partial charge in [-0.3, -0.25) is 74.6 Å². The molecule has 2 fully saturated rings. The summed E-state index contributed by atoms with van der Waals surface area (Å²) < 4.78 is 83.9. The van der Waals surface area contributed by atoms with Gasteiger partial charge in [-0.25, -0.2) is 13.9 Å². The first-order valence-electron chi connectivity index (χ1n) is 32.1. The van der Waals surface area contributed by atoms with E-state index in [0.717, 1.165) is 50.4 Å². The second-order valence-electron chi connectivity index (χ2n) is 23.1. The van der Waals surface area contributed by atoms with Crippen LogP contribution in [0.1, 0.15) is 52.7 Å². The molecule has 0 spiro atoms. The Labute approximate surface area is 580 Å². The number of allylic oxidation sites excluding steroid dienone is 3. The fraction of sp³-hybridized carbons (Fsp3) is 0.364. The van der Waals surface area contributed by atoms with E-state index in [2.05, 4.69) is 72.7 Å². The Morgan fingerprint density at radius 1 is 0.650 bits per heavy atom. The van der Waals surface area contributed by atoms with Gasteiger partial charge in [0.2, 0.25) is 12.7 Å². The predicted octanol–water partition coefficient (Wildman–Crippen LogP) is 1.98. The van der Waals surface area contributed by atoms with Crippen molar-refractivity contribution in [2.24, 2.45) is 4.99 Å². The summed E-state index contributed by atoms with van der Waals surface area (Å²) in [5, 5.41) is 21.7. The number of aryl methyl sites for hydroxylation is 2. The van der Waals surface area contributed by atoms with Crippen LogP contribution >= 0.6 is 0 Å². The van der Waals surface area contributed by atoms with E-state index >= 15 is 0 Å². The van der Waals surface area contributed by atoms with Gasteiger partial charge >= 0.3 is 23.6 Å². The van der Waals surface area contributed by atoms with Crippen molar-refractivity contribution in [2.45, 2.75) is 57.6 Å². The van der Waals surface area contributed by atoms with Crippen molar-refractivity contribution < 1.29 is 83.6 Å². The molecule has 6 amide bonds. The lowest BCUT2D eigenvalue weighted by atomic mass is 10.1. The Morgan fingerprint density at radius 3 is 1.84 bits per heavy atom. The summed E-state index contributed by atoms with van der Waals surface area (Å²) in [4.78, 5) is 90.3. The van der Waals surface area contributed by atoms with Gasteiger partial charge in [0.1, 0.15) is 17.1 Å². The first kappa shape index (κ1) is 75.6. The van der Waals surface area contributed by atoms with Crippen molar-refractivity contribution >= 4 is 95.8 Å². The number of hydrogen-bond donors (Lipinski definition) is 12. The molecule has 0 saturated carbocycles. The fourth-order valence-electron chi connectivity index (χ4n) is 10.3. The van der Waals surface area contributed by atoms with Gasteiger partial charge in [0.05, 0.1) is 99.5 Å². The molecular weight excluding hydrogens is 1340 g/mol. The highest BCUT2D eigenvalue weighted by atomic mass is 32.2. The molecule has 0 atom stereocenters. The number of unbranched alkanes of at least 4 members (excludes halogenated alkanes) is 1. The number of nitrogens with zero attached hydrogens (tertiary/aromatic N) is 5. The van der Waals surface area contributed by atoms with Crippen LogP contribution in [0.3, 0.4) is 0 Å². The Bertz CT molecular complexity index is 4090. The zero-order valence-corrected chi connectivity index (χ0v) is 57.5. The number of morpholine rings is 2. The van der Waals surface area contributed by atoms with Gasteiger partial charge in [-0.2, -0.15) is 22.5 Å². The SMILES string of the molecule is COc1cc(NS(=O)(=O)C2=C/C(=N\C(O)=C/[n+]3cc(C)cc(CONCCCCNC(=O)c4cc(C)c[n+](CC(=O)Nc5cccc(S(=O)(=O)Nc6ccc(NNC(=O)C(=O)NCCCN7CCOCC7)c(OC)c6)c5)c4)c3)[CH+]C=C2)ccc1NNC(=O)C(=O)NCCCN1CCOCC1. The zero-order valence-electron chi connectivity index (χ0n) is 55.9. The quantitative estimate of drug-likeness (QED) is 0.00699. The number of aromatic nitrogens is 2. The largest absolute Gasteiger partial charge is 0.494 e. The lowest BCUT2D eigenvalue weighted by molar-refractivity contribution is -0.684. The van der Waals surface area contributed by atoms with Gasteiger partial charge in [-0.15, -0.1) is 0 Å². The van der Waals surface area contributed by atoms with Crippen LogP contribution in [0.5, 0.6) is 11.5 Å². The molecule has 3 aliphatic rings. The average molecular weight is 1420 g/mol. The van der Waals surface area contributed by atoms with E-state index < -0.39 is 55.5 Å². The molecule has 534 valence electrons. The van der Waals surface area contributed by atoms with Crippen LogP contribution in [0.25, 0.3) is 6.20 Å². The molecule has 5 aromatic rings. The summed E-state index contributed by atoms with van der Waals surface area (Å²) in [6, 6.07) is 17.8. The first-order chi connectivity index (χ1) is 48.1. The molecule has 8 rings (SSSR count). The van der Waals surface area contributed by atoms with Crippen LogP contribution < -0.4 is 76.5 Å². The van der Waals surface area contributed by atoms with Crippen molar-refractivity contribution in [2.75, 3.05) is 132 Å². The topological polar surface area (TPSA) is 396 Å². The second kappa shape index (κ2) is 37.7. The Hall–Kier alpha value is -10.2. The number of rotatable bonds is 34. The number of methoxy groups -OCH3 is 2. The van der Waals surface area contributed by atoms with E-state index in [1.807, 2.05) is 13.0 Å². The number of hydrazine groups is 2. The number of carbonyl (C=O) groups is 6. The molecule has 100 heavy (non-hydrogen) atoms. The molecule has 0 radical (unpaired) electrons. The Morgan fingerprint density at radius 2 is 1.23 bits per heavy atom. The fourth-order valence-corrected chi connectivity index (χ4v) is 12.5. The van der Waals surface area contributed by atoms with Crippen LogP contribution in [0, 0.1) is 20.3 Å². The first-order valence-corrected chi connectivity index (χ1v) is 35.1. The summed E-state index contributed by atoms with van der Waals surface area (Å²) in [6.45, 7) is 12.5. The van der Waals surface area contributed by atoms with Crippen LogP contribution in [-0.4, -0.2) is 179 Å². The van der Waals surface area contributed by atoms with Crippen molar-refractivity contribution in [1.82, 2.24) is 42.1 Å². The molecular formula is C66H85N16O16S2+3. The van der Waals surface area contributed by atoms with Crippen LogP contribution in [-0.2, 0) is 71.5 Å². The highest BCUT2D eigenvalue weighted by Gasteiger charge is 2.27. The molecule has 34 heteroatoms. The minimum Gasteiger partial charge on any atom is -0.494 e. The maximum atomic E-state index is 13.6. The number of hydroxylamine groups is 1. The standard InChI is InChI=1S/C66H82N16O16S2/c1-46-33-48(41-81(39-46)43-60(83)71-50-11-7-13-54(35-50)99(90,91)77-52-15-17-56(58(37-52)94-3)73-75-65(88)63(86)68-20-9-23-79-25-29-96-30-26-79)45-98-70-22-6-5-19-67-62(85)49-34-47(2)40-82(42-49)44-61(84)72-51-12-8-14-55(36-51)100(92,93)78-53-16-18-57(59(38-53)95-4)74-76-66(89)64(87)69-21-10-24-80-27-31-97-32-28-80/h7-8,11-18,33-43,70H,5-6,9-10,19-32,44-45H2,1-4H3,(H8-3,67,68,69,72,73,74,75,76,77,78,83,84,85,86,87,88,89)/p+3/b60-43+,71-50-. The summed E-state index contributed by atoms with van der Waals surface area (Å²) in [7, 11) is -5.69. The number of benzene rings is 3. The molecule has 1 aliphatic carbocycles. The number of sulfonamides is 2. The second-order valence-corrected chi connectivity index (χ2v) is 26.5. The highest BCUT2D eigenvalue weighted by molar-refractivity contribution is 7.96. The van der Waals surface area contributed by atoms with E-state index in [1.165, 1.54) is 106 Å². The van der Waals surface area contributed by atoms with E-state index in [9.17, 15) is 50.7 Å². The van der Waals surface area contributed by atoms with Gasteiger partial charge in [0.25, 0.3) is 37.7 Å². The van der Waals surface area contributed by atoms with Crippen molar-refractivity contribution in [1.29, 1.82) is 0 Å². The van der Waals surface area contributed by atoms with E-state index in [0.29, 0.717) is 89.4 Å². The summed E-state index contributed by atoms with van der Waals surface area (Å²) in [5.41, 5.74) is 16.5. The normalized spacial score (nSPS) is 14.7. The highest BCUT2D eigenvalue weighted by Crippen LogP contribution is 2.31. The minimum atomic E-state index is -4.20. The molecule has 3 aromatic carbocycles. The number of aliphatic hydroxyl groups excluding tert-OH is 1. The number of nitrogens with one attached hydrogen (secondary N) is 11. The van der Waals surface area contributed by atoms with Gasteiger partial charge < -0.3 is 45.3 Å². The number of aliphatic imine (C=N–C) groups is 1. The number of pyridine rings is 2. The van der Waals surface area contributed by atoms with Crippen molar-refractivity contribution in [3.8, 4) is 11.5 Å². The smallest absolute Gasteiger partial charge is 0.327 e. The summed E-state index contributed by atoms with van der Waals surface area (Å²) >= 11 is 0. The van der Waals surface area contributed by atoms with Gasteiger partial charge in [-0.1, -0.05) is 6.07 Å². The lowest BCUT2D eigenvalue weighted by Crippen LogP contribution is -2.43. The van der Waals surface area contributed by atoms with E-state index in [-0.39, 0.29) is 74.5 Å². The van der Waals surface area contributed by atoms with Gasteiger partial charge in [0, 0.05) is 86.9 Å². The molecule has 4 heterocycles. The third-order valence-electron chi connectivity index (χ3n) is 15.1. The maximum Gasteiger partial charge on any atom is 0.327 e. The number of aliphatic hydroxyl groups is 1. The molecule has 2 saturated heterocycles. The Kier molecular flexibility index (Phi) is 28.5. The third kappa shape index (κ3) is 24.4. The van der Waals surface area contributed by atoms with Gasteiger partial charge in [0.15, 0.2) is 35.4 Å². The maximum absolute atomic E-state index is 13.6. The van der Waals surface area contributed by atoms with Crippen LogP contribution in [0.15, 0.2) is 136 Å². The molecule has 12 N–H and O–H groups in total. The number of amides is 6. The summed E-state index contributed by atoms with van der Waals surface area (Å²) in [6.07, 6.45) is 16.3. The Balaban J connectivity index is 0.722. The van der Waals surface area contributed by atoms with E-state index in [1.54, 1.807) is 46.9 Å². The van der Waals surface area contributed by atoms with E-state index in [4.69, 9.17) is 23.8 Å². The molecule has 2 aliphatic heterocycles. The van der Waals surface area contributed by atoms with Crippen LogP contribution in [0.2, 0.25) is 0 Å². The minimum absolute atomic E-state index is 0.120.